The second-order valence-electron chi connectivity index (χ2n) is 13.4. The largest absolute Gasteiger partial charge is 0.455 e. The first kappa shape index (κ1) is 36.8. The number of carbonyl (C=O) groups is 4. The number of amides is 4. The number of aryl methyl sites for hydroxylation is 1. The Morgan fingerprint density at radius 3 is 2.56 bits per heavy atom. The Balaban J connectivity index is 0.000000170. The third kappa shape index (κ3) is 8.98. The SMILES string of the molecule is Cc1ccc2c(c1)Oc1ccc(F)cc1CNc1ccn3ncc(c3n1)C(=O)N2.O=CNCCN1CCN(c2ccc(NC3CCC(=O)NC3=O)cc2)CC1. The number of fused-ring (bicyclic) bond motifs is 3. The number of halogens is 1. The first-order chi connectivity index (χ1) is 26.7. The van der Waals surface area contributed by atoms with Crippen molar-refractivity contribution in [2.45, 2.75) is 32.4 Å². The molecular formula is C39H41FN10O5. The molecular weight excluding hydrogens is 707 g/mol. The van der Waals surface area contributed by atoms with E-state index in [1.807, 2.05) is 31.2 Å². The monoisotopic (exact) mass is 748 g/mol. The van der Waals surface area contributed by atoms with Crippen LogP contribution in [0.4, 0.5) is 27.3 Å². The zero-order chi connectivity index (χ0) is 38.3. The molecule has 4 amide bonds. The Bertz CT molecular complexity index is 2200. The summed E-state index contributed by atoms with van der Waals surface area (Å²) in [5, 5.41) is 18.5. The van der Waals surface area contributed by atoms with E-state index in [9.17, 15) is 23.6 Å². The number of piperidine rings is 1. The predicted octanol–water partition coefficient (Wildman–Crippen LogP) is 3.92. The van der Waals surface area contributed by atoms with Gasteiger partial charge in [0.15, 0.2) is 11.4 Å². The van der Waals surface area contributed by atoms with E-state index in [1.54, 1.807) is 24.4 Å². The smallest absolute Gasteiger partial charge is 0.261 e. The summed E-state index contributed by atoms with van der Waals surface area (Å²) in [6, 6.07) is 19.2. The first-order valence-corrected chi connectivity index (χ1v) is 18.0. The first-order valence-electron chi connectivity index (χ1n) is 18.0. The summed E-state index contributed by atoms with van der Waals surface area (Å²) < 4.78 is 21.5. The molecule has 5 heterocycles. The van der Waals surface area contributed by atoms with Crippen LogP contribution in [0, 0.1) is 12.7 Å². The van der Waals surface area contributed by atoms with E-state index in [2.05, 4.69) is 58.6 Å². The molecule has 3 aliphatic rings. The lowest BCUT2D eigenvalue weighted by molar-refractivity contribution is -0.133. The minimum Gasteiger partial charge on any atom is -0.455 e. The molecule has 0 saturated carbocycles. The van der Waals surface area contributed by atoms with Crippen LogP contribution in [-0.4, -0.2) is 88.9 Å². The minimum absolute atomic E-state index is 0.204. The molecule has 16 heteroatoms. The maximum Gasteiger partial charge on any atom is 0.261 e. The molecule has 3 aliphatic heterocycles. The van der Waals surface area contributed by atoms with E-state index in [0.717, 1.165) is 56.1 Å². The van der Waals surface area contributed by atoms with E-state index in [4.69, 9.17) is 4.74 Å². The molecule has 55 heavy (non-hydrogen) atoms. The standard InChI is InChI=1S/C21H16FN5O2.C18H25N5O3/c1-12-2-4-16-18(8-12)29-17-5-3-14(22)9-13(17)10-23-19-6-7-27-20(26-19)15(11-24-27)21(28)25-16;24-13-19-7-8-22-9-11-23(12-10-22)15-3-1-14(2-4-15)20-16-5-6-17(25)21-18(16)26/h2-9,11H,10H2,1H3,(H,23,26)(H,25,28);1-4,13,16,20H,5-12H2,(H,19,24)(H,21,25,26). The molecule has 3 aromatic carbocycles. The third-order valence-electron chi connectivity index (χ3n) is 9.54. The summed E-state index contributed by atoms with van der Waals surface area (Å²) in [5.41, 5.74) is 4.87. The second-order valence-corrected chi connectivity index (χ2v) is 13.4. The van der Waals surface area contributed by atoms with E-state index in [0.29, 0.717) is 65.7 Å². The van der Waals surface area contributed by atoms with Gasteiger partial charge in [0.05, 0.1) is 11.9 Å². The van der Waals surface area contributed by atoms with E-state index in [1.165, 1.54) is 22.8 Å². The Labute approximate surface area is 316 Å². The molecule has 2 bridgehead atoms. The van der Waals surface area contributed by atoms with E-state index in [-0.39, 0.29) is 29.6 Å². The van der Waals surface area contributed by atoms with Gasteiger partial charge in [0.2, 0.25) is 18.2 Å². The summed E-state index contributed by atoms with van der Waals surface area (Å²) in [7, 11) is 0. The number of hydrogen-bond acceptors (Lipinski definition) is 11. The number of aromatic nitrogens is 3. The zero-order valence-electron chi connectivity index (χ0n) is 30.2. The lowest BCUT2D eigenvalue weighted by atomic mass is 10.1. The summed E-state index contributed by atoms with van der Waals surface area (Å²) in [4.78, 5) is 55.4. The van der Waals surface area contributed by atoms with Gasteiger partial charge in [-0.2, -0.15) is 5.10 Å². The topological polar surface area (TPSA) is 174 Å². The van der Waals surface area contributed by atoms with Gasteiger partial charge in [-0.15, -0.1) is 0 Å². The molecule has 8 rings (SSSR count). The van der Waals surface area contributed by atoms with Crippen molar-refractivity contribution in [1.82, 2.24) is 30.1 Å². The van der Waals surface area contributed by atoms with Crippen molar-refractivity contribution in [2.75, 3.05) is 60.1 Å². The third-order valence-corrected chi connectivity index (χ3v) is 9.54. The van der Waals surface area contributed by atoms with Crippen molar-refractivity contribution >= 4 is 52.7 Å². The minimum atomic E-state index is -0.363. The molecule has 2 fully saturated rings. The highest BCUT2D eigenvalue weighted by Gasteiger charge is 2.26. The van der Waals surface area contributed by atoms with Crippen LogP contribution in [-0.2, 0) is 20.9 Å². The fraction of sp³-hybridized carbons (Fsp3) is 0.282. The van der Waals surface area contributed by atoms with Crippen LogP contribution in [0.25, 0.3) is 5.65 Å². The van der Waals surface area contributed by atoms with Crippen LogP contribution in [0.2, 0.25) is 0 Å². The maximum absolute atomic E-state index is 13.9. The molecule has 1 unspecified atom stereocenters. The average molecular weight is 749 g/mol. The van der Waals surface area contributed by atoms with Gasteiger partial charge in [0.25, 0.3) is 5.91 Å². The van der Waals surface area contributed by atoms with Crippen LogP contribution in [0.5, 0.6) is 11.5 Å². The highest BCUT2D eigenvalue weighted by Crippen LogP contribution is 2.34. The number of hydrogen-bond donors (Lipinski definition) is 5. The Morgan fingerprint density at radius 2 is 1.78 bits per heavy atom. The fourth-order valence-corrected chi connectivity index (χ4v) is 6.54. The van der Waals surface area contributed by atoms with Crippen LogP contribution >= 0.6 is 0 Å². The molecule has 5 N–H and O–H groups in total. The second kappa shape index (κ2) is 16.6. The molecule has 1 atom stereocenters. The zero-order valence-corrected chi connectivity index (χ0v) is 30.2. The van der Waals surface area contributed by atoms with Crippen molar-refractivity contribution in [1.29, 1.82) is 0 Å². The lowest BCUT2D eigenvalue weighted by Crippen LogP contribution is -2.48. The number of imide groups is 1. The summed E-state index contributed by atoms with van der Waals surface area (Å²) in [6.45, 7) is 7.61. The quantitative estimate of drug-likeness (QED) is 0.0928. The maximum atomic E-state index is 13.9. The normalized spacial score (nSPS) is 17.0. The van der Waals surface area contributed by atoms with Crippen molar-refractivity contribution in [3.05, 3.63) is 102 Å². The van der Waals surface area contributed by atoms with Crippen molar-refractivity contribution in [3.63, 3.8) is 0 Å². The van der Waals surface area contributed by atoms with E-state index < -0.39 is 0 Å². The van der Waals surface area contributed by atoms with Crippen LogP contribution in [0.15, 0.2) is 79.1 Å². The number of carbonyl (C=O) groups excluding carboxylic acids is 4. The van der Waals surface area contributed by atoms with Crippen molar-refractivity contribution in [3.8, 4) is 11.5 Å². The predicted molar refractivity (Wildman–Crippen MR) is 205 cm³/mol. The van der Waals surface area contributed by atoms with Crippen molar-refractivity contribution in [2.24, 2.45) is 0 Å². The van der Waals surface area contributed by atoms with Gasteiger partial charge in [0.1, 0.15) is 29.0 Å². The summed E-state index contributed by atoms with van der Waals surface area (Å²) in [6.07, 6.45) is 4.81. The van der Waals surface area contributed by atoms with Gasteiger partial charge in [-0.05, 0) is 79.6 Å². The fourth-order valence-electron chi connectivity index (χ4n) is 6.54. The number of rotatable bonds is 7. The number of nitrogens with zero attached hydrogens (tertiary/aromatic N) is 5. The average Bonchev–Trinajstić information content (AvgIpc) is 3.61. The summed E-state index contributed by atoms with van der Waals surface area (Å²) in [5.74, 6) is 0.316. The highest BCUT2D eigenvalue weighted by molar-refractivity contribution is 6.09. The summed E-state index contributed by atoms with van der Waals surface area (Å²) >= 11 is 0. The number of benzene rings is 3. The van der Waals surface area contributed by atoms with Gasteiger partial charge in [-0.1, -0.05) is 6.07 Å². The number of piperazine rings is 1. The molecule has 0 aliphatic carbocycles. The van der Waals surface area contributed by atoms with Crippen LogP contribution in [0.3, 0.4) is 0 Å². The number of anilines is 4. The highest BCUT2D eigenvalue weighted by atomic mass is 19.1. The van der Waals surface area contributed by atoms with E-state index >= 15 is 0 Å². The van der Waals surface area contributed by atoms with Crippen molar-refractivity contribution < 1.29 is 28.3 Å². The molecule has 5 aromatic rings. The molecule has 15 nitrogen and oxygen atoms in total. The number of ether oxygens (including phenoxy) is 1. The number of nitrogens with one attached hydrogen (secondary N) is 5. The van der Waals surface area contributed by atoms with Gasteiger partial charge >= 0.3 is 0 Å². The molecule has 0 radical (unpaired) electrons. The van der Waals surface area contributed by atoms with Gasteiger partial charge in [0, 0.05) is 75.4 Å². The molecule has 0 spiro atoms. The Morgan fingerprint density at radius 1 is 0.964 bits per heavy atom. The Kier molecular flexibility index (Phi) is 11.1. The van der Waals surface area contributed by atoms with Crippen LogP contribution < -0.4 is 36.2 Å². The van der Waals surface area contributed by atoms with Gasteiger partial charge in [-0.25, -0.2) is 13.9 Å². The van der Waals surface area contributed by atoms with Gasteiger partial charge < -0.3 is 30.9 Å². The Hall–Kier alpha value is -6.55. The van der Waals surface area contributed by atoms with Gasteiger partial charge in [-0.3, -0.25) is 29.4 Å². The molecule has 284 valence electrons. The molecule has 2 aromatic heterocycles. The molecule has 2 saturated heterocycles. The van der Waals surface area contributed by atoms with Crippen LogP contribution in [0.1, 0.15) is 34.3 Å². The lowest BCUT2D eigenvalue weighted by Gasteiger charge is -2.36.